The SMILES string of the molecule is COC(O)(Cl)OC. The first-order valence-electron chi connectivity index (χ1n) is 1.64. The Labute approximate surface area is 46.8 Å². The van der Waals surface area contributed by atoms with Crippen LogP contribution in [-0.2, 0) is 9.47 Å². The van der Waals surface area contributed by atoms with Crippen molar-refractivity contribution in [1.29, 1.82) is 0 Å². The van der Waals surface area contributed by atoms with Crippen LogP contribution in [0.15, 0.2) is 0 Å². The highest BCUT2D eigenvalue weighted by molar-refractivity contribution is 6.20. The highest BCUT2D eigenvalue weighted by Gasteiger charge is 2.19. The summed E-state index contributed by atoms with van der Waals surface area (Å²) in [6.07, 6.45) is 0. The topological polar surface area (TPSA) is 38.7 Å². The van der Waals surface area contributed by atoms with E-state index in [1.54, 1.807) is 0 Å². The minimum absolute atomic E-state index is 1.23. The molecule has 0 rings (SSSR count). The largest absolute Gasteiger partial charge is 0.367 e. The molecule has 4 heteroatoms. The monoisotopic (exact) mass is 126 g/mol. The van der Waals surface area contributed by atoms with E-state index in [0.717, 1.165) is 0 Å². The third kappa shape index (κ3) is 2.82. The first-order chi connectivity index (χ1) is 3.12. The van der Waals surface area contributed by atoms with Crippen LogP contribution in [0.1, 0.15) is 0 Å². The van der Waals surface area contributed by atoms with Crippen LogP contribution in [0.4, 0.5) is 0 Å². The van der Waals surface area contributed by atoms with Crippen LogP contribution in [0.2, 0.25) is 0 Å². The summed E-state index contributed by atoms with van der Waals surface area (Å²) in [5, 5.41) is 8.45. The Morgan fingerprint density at radius 2 is 1.71 bits per heavy atom. The summed E-state index contributed by atoms with van der Waals surface area (Å²) in [5.41, 5.74) is -1.94. The van der Waals surface area contributed by atoms with E-state index in [1.165, 1.54) is 14.2 Å². The number of aliphatic hydroxyl groups is 1. The minimum Gasteiger partial charge on any atom is -0.330 e. The maximum absolute atomic E-state index is 8.45. The number of methoxy groups -OCH3 is 2. The van der Waals surface area contributed by atoms with Gasteiger partial charge in [0.1, 0.15) is 0 Å². The van der Waals surface area contributed by atoms with E-state index in [-0.39, 0.29) is 0 Å². The van der Waals surface area contributed by atoms with Crippen LogP contribution < -0.4 is 0 Å². The summed E-state index contributed by atoms with van der Waals surface area (Å²) in [5.74, 6) is 0. The molecule has 44 valence electrons. The molecule has 0 spiro atoms. The second kappa shape index (κ2) is 2.47. The molecule has 0 aliphatic carbocycles. The summed E-state index contributed by atoms with van der Waals surface area (Å²) in [7, 11) is 2.47. The molecule has 0 aromatic rings. The molecule has 0 atom stereocenters. The number of ether oxygens (including phenoxy) is 2. The van der Waals surface area contributed by atoms with Gasteiger partial charge in [0.25, 0.3) is 0 Å². The molecule has 3 nitrogen and oxygen atoms in total. The molecule has 0 saturated heterocycles. The molecular weight excluding hydrogens is 119 g/mol. The Morgan fingerprint density at radius 1 is 1.43 bits per heavy atom. The average molecular weight is 127 g/mol. The predicted molar refractivity (Wildman–Crippen MR) is 24.8 cm³/mol. The quantitative estimate of drug-likeness (QED) is 0.422. The lowest BCUT2D eigenvalue weighted by molar-refractivity contribution is -0.276. The smallest absolute Gasteiger partial charge is 0.330 e. The van der Waals surface area contributed by atoms with E-state index in [0.29, 0.717) is 0 Å². The van der Waals surface area contributed by atoms with Crippen LogP contribution in [0, 0.1) is 0 Å². The van der Waals surface area contributed by atoms with Crippen molar-refractivity contribution < 1.29 is 14.6 Å². The van der Waals surface area contributed by atoms with Gasteiger partial charge in [0.05, 0.1) is 0 Å². The summed E-state index contributed by atoms with van der Waals surface area (Å²) in [6, 6.07) is 0. The Bertz CT molecular complexity index is 48.1. The molecule has 0 aromatic carbocycles. The van der Waals surface area contributed by atoms with E-state index >= 15 is 0 Å². The van der Waals surface area contributed by atoms with Crippen molar-refractivity contribution in [3.63, 3.8) is 0 Å². The molecule has 0 bridgehead atoms. The zero-order chi connectivity index (χ0) is 5.91. The van der Waals surface area contributed by atoms with Crippen LogP contribution in [0.3, 0.4) is 0 Å². The number of alkyl halides is 1. The maximum Gasteiger partial charge on any atom is 0.367 e. The van der Waals surface area contributed by atoms with Gasteiger partial charge >= 0.3 is 5.43 Å². The third-order valence-electron chi connectivity index (χ3n) is 0.504. The summed E-state index contributed by atoms with van der Waals surface area (Å²) in [6.45, 7) is 0. The second-order valence-electron chi connectivity index (χ2n) is 0.913. The van der Waals surface area contributed by atoms with Gasteiger partial charge in [0, 0.05) is 14.2 Å². The van der Waals surface area contributed by atoms with Crippen LogP contribution in [0.5, 0.6) is 0 Å². The molecule has 0 fully saturated rings. The van der Waals surface area contributed by atoms with Crippen molar-refractivity contribution in [3.8, 4) is 0 Å². The normalized spacial score (nSPS) is 12.0. The van der Waals surface area contributed by atoms with Gasteiger partial charge in [-0.1, -0.05) is 0 Å². The molecule has 0 radical (unpaired) electrons. The second-order valence-corrected chi connectivity index (χ2v) is 1.39. The van der Waals surface area contributed by atoms with Gasteiger partial charge in [0.2, 0.25) is 0 Å². The average Bonchev–Trinajstić information content (AvgIpc) is 1.68. The first-order valence-corrected chi connectivity index (χ1v) is 2.02. The van der Waals surface area contributed by atoms with Gasteiger partial charge < -0.3 is 14.6 Å². The molecule has 0 amide bonds. The molecule has 1 N–H and O–H groups in total. The van der Waals surface area contributed by atoms with Crippen LogP contribution >= 0.6 is 11.6 Å². The summed E-state index contributed by atoms with van der Waals surface area (Å²) < 4.78 is 8.37. The van der Waals surface area contributed by atoms with Gasteiger partial charge in [-0.15, -0.1) is 0 Å². The summed E-state index contributed by atoms with van der Waals surface area (Å²) in [4.78, 5) is 0. The Morgan fingerprint density at radius 3 is 1.71 bits per heavy atom. The van der Waals surface area contributed by atoms with Gasteiger partial charge in [-0.3, -0.25) is 0 Å². The van der Waals surface area contributed by atoms with E-state index in [9.17, 15) is 0 Å². The van der Waals surface area contributed by atoms with Crippen molar-refractivity contribution in [2.45, 2.75) is 5.43 Å². The van der Waals surface area contributed by atoms with Crippen molar-refractivity contribution in [1.82, 2.24) is 0 Å². The van der Waals surface area contributed by atoms with E-state index in [2.05, 4.69) is 9.47 Å². The maximum atomic E-state index is 8.45. The molecule has 0 heterocycles. The zero-order valence-electron chi connectivity index (χ0n) is 4.14. The fourth-order valence-electron chi connectivity index (χ4n) is 0.0833. The number of hydrogen-bond donors (Lipinski definition) is 1. The van der Waals surface area contributed by atoms with Gasteiger partial charge in [-0.2, -0.15) is 0 Å². The Hall–Kier alpha value is 0.170. The van der Waals surface area contributed by atoms with Crippen molar-refractivity contribution in [3.05, 3.63) is 0 Å². The molecule has 0 aromatic heterocycles. The molecule has 0 saturated carbocycles. The predicted octanol–water partition coefficient (Wildman–Crippen LogP) is 0.122. The molecule has 0 aliphatic heterocycles. The van der Waals surface area contributed by atoms with Crippen molar-refractivity contribution in [2.75, 3.05) is 14.2 Å². The fraction of sp³-hybridized carbons (Fsp3) is 1.00. The van der Waals surface area contributed by atoms with Crippen molar-refractivity contribution >= 4 is 11.6 Å². The highest BCUT2D eigenvalue weighted by Crippen LogP contribution is 2.09. The van der Waals surface area contributed by atoms with Crippen LogP contribution in [0.25, 0.3) is 0 Å². The van der Waals surface area contributed by atoms with Crippen molar-refractivity contribution in [2.24, 2.45) is 0 Å². The lowest BCUT2D eigenvalue weighted by Gasteiger charge is -2.13. The Kier molecular flexibility index (Phi) is 2.53. The number of rotatable bonds is 2. The molecular formula is C3H7ClO3. The lowest BCUT2D eigenvalue weighted by Crippen LogP contribution is -2.24. The first kappa shape index (κ1) is 7.17. The van der Waals surface area contributed by atoms with Crippen LogP contribution in [-0.4, -0.2) is 24.8 Å². The zero-order valence-corrected chi connectivity index (χ0v) is 4.90. The molecule has 7 heavy (non-hydrogen) atoms. The van der Waals surface area contributed by atoms with Gasteiger partial charge in [0.15, 0.2) is 0 Å². The van der Waals surface area contributed by atoms with E-state index < -0.39 is 5.43 Å². The Balaban J connectivity index is 3.36. The standard InChI is InChI=1S/C3H7ClO3/c1-6-3(4,5)7-2/h5H,1-2H3. The molecule has 0 aliphatic rings. The minimum atomic E-state index is -1.94. The summed E-state index contributed by atoms with van der Waals surface area (Å²) >= 11 is 5.02. The number of halogens is 1. The van der Waals surface area contributed by atoms with E-state index in [1.807, 2.05) is 0 Å². The molecule has 0 unspecified atom stereocenters. The highest BCUT2D eigenvalue weighted by atomic mass is 35.5. The number of hydrogen-bond acceptors (Lipinski definition) is 3. The lowest BCUT2D eigenvalue weighted by atomic mass is 11.2. The van der Waals surface area contributed by atoms with Gasteiger partial charge in [-0.25, -0.2) is 0 Å². The third-order valence-corrected chi connectivity index (χ3v) is 0.812. The van der Waals surface area contributed by atoms with E-state index in [4.69, 9.17) is 16.7 Å². The van der Waals surface area contributed by atoms with Gasteiger partial charge in [-0.05, 0) is 11.6 Å². The fourth-order valence-corrected chi connectivity index (χ4v) is 0.0833.